The van der Waals surface area contributed by atoms with Crippen LogP contribution in [-0.2, 0) is 4.74 Å². The van der Waals surface area contributed by atoms with Gasteiger partial charge in [-0.05, 0) is 6.42 Å². The molecule has 4 atom stereocenters. The summed E-state index contributed by atoms with van der Waals surface area (Å²) in [7, 11) is 0. The van der Waals surface area contributed by atoms with Crippen LogP contribution in [0.3, 0.4) is 0 Å². The molecule has 5 nitrogen and oxygen atoms in total. The van der Waals surface area contributed by atoms with Crippen molar-refractivity contribution in [1.29, 1.82) is 0 Å². The van der Waals surface area contributed by atoms with Crippen LogP contribution in [0.25, 0.3) is 0 Å². The summed E-state index contributed by atoms with van der Waals surface area (Å²) in [6.45, 7) is 2.94. The molecule has 0 bridgehead atoms. The molecule has 1 fully saturated rings. The molecule has 90 valence electrons. The number of aliphatic hydroxyl groups excluding tert-OH is 3. The average Bonchev–Trinajstić information content (AvgIpc) is 2.25. The summed E-state index contributed by atoms with van der Waals surface area (Å²) in [5.41, 5.74) is 0. The van der Waals surface area contributed by atoms with Gasteiger partial charge in [0.05, 0.1) is 24.9 Å². The van der Waals surface area contributed by atoms with E-state index in [1.165, 1.54) is 0 Å². The highest BCUT2D eigenvalue weighted by Gasteiger charge is 2.37. The lowest BCUT2D eigenvalue weighted by Crippen LogP contribution is -2.61. The molecule has 0 aromatic rings. The number of piperidine rings is 1. The first-order chi connectivity index (χ1) is 7.20. The number of rotatable bonds is 5. The number of hydrogen-bond donors (Lipinski definition) is 4. The van der Waals surface area contributed by atoms with E-state index >= 15 is 0 Å². The highest BCUT2D eigenvalue weighted by molar-refractivity contribution is 4.92. The quantitative estimate of drug-likeness (QED) is 0.439. The van der Waals surface area contributed by atoms with Gasteiger partial charge in [0.25, 0.3) is 0 Å². The molecule has 0 amide bonds. The highest BCUT2D eigenvalue weighted by atomic mass is 16.5. The molecule has 1 saturated heterocycles. The molecule has 0 aliphatic carbocycles. The number of aliphatic hydroxyl groups is 3. The van der Waals surface area contributed by atoms with Gasteiger partial charge in [-0.15, -0.1) is 0 Å². The Kier molecular flexibility index (Phi) is 5.49. The van der Waals surface area contributed by atoms with E-state index in [4.69, 9.17) is 9.84 Å². The zero-order chi connectivity index (χ0) is 11.3. The second kappa shape index (κ2) is 6.40. The first kappa shape index (κ1) is 12.9. The van der Waals surface area contributed by atoms with Gasteiger partial charge in [0.2, 0.25) is 0 Å². The Morgan fingerprint density at radius 3 is 2.67 bits per heavy atom. The monoisotopic (exact) mass is 219 g/mol. The number of unbranched alkanes of at least 4 members (excludes halogenated alkanes) is 1. The second-order valence-corrected chi connectivity index (χ2v) is 3.94. The van der Waals surface area contributed by atoms with Crippen molar-refractivity contribution < 1.29 is 20.1 Å². The lowest BCUT2D eigenvalue weighted by Gasteiger charge is -2.37. The van der Waals surface area contributed by atoms with Gasteiger partial charge in [-0.25, -0.2) is 0 Å². The first-order valence-electron chi connectivity index (χ1n) is 5.52. The minimum absolute atomic E-state index is 0.181. The van der Waals surface area contributed by atoms with E-state index < -0.39 is 18.2 Å². The molecule has 1 aliphatic heterocycles. The molecular formula is C10H21NO4. The summed E-state index contributed by atoms with van der Waals surface area (Å²) in [5.74, 6) is 0. The lowest BCUT2D eigenvalue weighted by molar-refractivity contribution is -0.124. The van der Waals surface area contributed by atoms with Crippen molar-refractivity contribution in [2.24, 2.45) is 0 Å². The van der Waals surface area contributed by atoms with E-state index in [1.54, 1.807) is 0 Å². The molecule has 0 spiro atoms. The summed E-state index contributed by atoms with van der Waals surface area (Å²) in [6.07, 6.45) is -0.272. The fourth-order valence-corrected chi connectivity index (χ4v) is 1.68. The van der Waals surface area contributed by atoms with Crippen molar-refractivity contribution in [2.75, 3.05) is 19.8 Å². The summed E-state index contributed by atoms with van der Waals surface area (Å²) >= 11 is 0. The zero-order valence-corrected chi connectivity index (χ0v) is 9.09. The molecule has 0 aromatic carbocycles. The third kappa shape index (κ3) is 3.39. The third-order valence-electron chi connectivity index (χ3n) is 2.75. The van der Waals surface area contributed by atoms with Crippen molar-refractivity contribution in [1.82, 2.24) is 5.32 Å². The maximum absolute atomic E-state index is 9.71. The Labute approximate surface area is 90.1 Å². The van der Waals surface area contributed by atoms with Crippen molar-refractivity contribution in [3.63, 3.8) is 0 Å². The van der Waals surface area contributed by atoms with Gasteiger partial charge in [0, 0.05) is 13.2 Å². The molecule has 4 N–H and O–H groups in total. The lowest BCUT2D eigenvalue weighted by atomic mass is 9.96. The van der Waals surface area contributed by atoms with Gasteiger partial charge in [0.15, 0.2) is 0 Å². The van der Waals surface area contributed by atoms with Crippen LogP contribution in [0.15, 0.2) is 0 Å². The third-order valence-corrected chi connectivity index (χ3v) is 2.75. The maximum atomic E-state index is 9.71. The standard InChI is InChI=1S/C10H21NO4/c1-2-3-4-15-8-5-11-7(6-12)9(13)10(8)14/h7-14H,2-6H2,1H3/t7?,8-,9+,10+/m0/s1. The Morgan fingerprint density at radius 2 is 2.07 bits per heavy atom. The van der Waals surface area contributed by atoms with Crippen molar-refractivity contribution in [3.8, 4) is 0 Å². The summed E-state index contributed by atoms with van der Waals surface area (Å²) < 4.78 is 5.44. The van der Waals surface area contributed by atoms with Gasteiger partial charge in [-0.3, -0.25) is 0 Å². The zero-order valence-electron chi connectivity index (χ0n) is 9.09. The van der Waals surface area contributed by atoms with Crippen LogP contribution in [0, 0.1) is 0 Å². The van der Waals surface area contributed by atoms with E-state index in [-0.39, 0.29) is 12.7 Å². The number of ether oxygens (including phenoxy) is 1. The summed E-state index contributed by atoms with van der Waals surface area (Å²) in [4.78, 5) is 0. The Morgan fingerprint density at radius 1 is 1.33 bits per heavy atom. The van der Waals surface area contributed by atoms with E-state index in [0.29, 0.717) is 13.2 Å². The Balaban J connectivity index is 2.35. The predicted molar refractivity (Wildman–Crippen MR) is 55.5 cm³/mol. The molecule has 5 heteroatoms. The molecule has 1 heterocycles. The van der Waals surface area contributed by atoms with Gasteiger partial charge in [-0.2, -0.15) is 0 Å². The van der Waals surface area contributed by atoms with Crippen molar-refractivity contribution in [3.05, 3.63) is 0 Å². The molecule has 0 saturated carbocycles. The van der Waals surface area contributed by atoms with Gasteiger partial charge < -0.3 is 25.4 Å². The largest absolute Gasteiger partial charge is 0.395 e. The molecule has 0 radical (unpaired) electrons. The van der Waals surface area contributed by atoms with Crippen LogP contribution in [0.5, 0.6) is 0 Å². The second-order valence-electron chi connectivity index (χ2n) is 3.94. The molecule has 0 aromatic heterocycles. The smallest absolute Gasteiger partial charge is 0.109 e. The summed E-state index contributed by atoms with van der Waals surface area (Å²) in [5, 5.41) is 31.2. The topological polar surface area (TPSA) is 82.0 Å². The van der Waals surface area contributed by atoms with Gasteiger partial charge in [0.1, 0.15) is 6.10 Å². The number of hydrogen-bond acceptors (Lipinski definition) is 5. The molecule has 1 unspecified atom stereocenters. The van der Waals surface area contributed by atoms with Gasteiger partial charge in [-0.1, -0.05) is 13.3 Å². The first-order valence-corrected chi connectivity index (χ1v) is 5.52. The molecule has 15 heavy (non-hydrogen) atoms. The molecule has 1 aliphatic rings. The fraction of sp³-hybridized carbons (Fsp3) is 1.00. The number of nitrogens with one attached hydrogen (secondary N) is 1. The summed E-state index contributed by atoms with van der Waals surface area (Å²) in [6, 6.07) is -0.453. The van der Waals surface area contributed by atoms with E-state index in [2.05, 4.69) is 12.2 Å². The van der Waals surface area contributed by atoms with Crippen LogP contribution >= 0.6 is 0 Å². The Bertz CT molecular complexity index is 177. The van der Waals surface area contributed by atoms with Crippen LogP contribution in [0.4, 0.5) is 0 Å². The normalized spacial score (nSPS) is 36.8. The van der Waals surface area contributed by atoms with Gasteiger partial charge >= 0.3 is 0 Å². The van der Waals surface area contributed by atoms with E-state index in [0.717, 1.165) is 12.8 Å². The van der Waals surface area contributed by atoms with Crippen LogP contribution < -0.4 is 5.32 Å². The van der Waals surface area contributed by atoms with E-state index in [1.807, 2.05) is 0 Å². The average molecular weight is 219 g/mol. The van der Waals surface area contributed by atoms with Crippen LogP contribution in [-0.4, -0.2) is 59.4 Å². The van der Waals surface area contributed by atoms with Crippen LogP contribution in [0.1, 0.15) is 19.8 Å². The predicted octanol–water partition coefficient (Wildman–Crippen LogP) is -1.14. The van der Waals surface area contributed by atoms with Crippen molar-refractivity contribution in [2.45, 2.75) is 44.1 Å². The minimum Gasteiger partial charge on any atom is -0.395 e. The van der Waals surface area contributed by atoms with Crippen molar-refractivity contribution >= 4 is 0 Å². The van der Waals surface area contributed by atoms with E-state index in [9.17, 15) is 10.2 Å². The highest BCUT2D eigenvalue weighted by Crippen LogP contribution is 2.13. The maximum Gasteiger partial charge on any atom is 0.109 e. The molecular weight excluding hydrogens is 198 g/mol. The molecule has 1 rings (SSSR count). The van der Waals surface area contributed by atoms with Crippen LogP contribution in [0.2, 0.25) is 0 Å². The SMILES string of the molecule is CCCCO[C@H]1CNC(CO)[C@@H](O)[C@@H]1O. The minimum atomic E-state index is -0.963. The fourth-order valence-electron chi connectivity index (χ4n) is 1.68. The Hall–Kier alpha value is -0.200.